The van der Waals surface area contributed by atoms with E-state index in [1.54, 1.807) is 0 Å². The second-order valence-electron chi connectivity index (χ2n) is 7.49. The summed E-state index contributed by atoms with van der Waals surface area (Å²) in [4.78, 5) is 17.6. The second kappa shape index (κ2) is 13.6. The van der Waals surface area contributed by atoms with Gasteiger partial charge in [0.25, 0.3) is 0 Å². The maximum atomic E-state index is 13.2. The number of halogens is 2. The Kier molecular flexibility index (Phi) is 12.0. The van der Waals surface area contributed by atoms with Gasteiger partial charge in [0.1, 0.15) is 0 Å². The minimum absolute atomic E-state index is 0. The predicted octanol–water partition coefficient (Wildman–Crippen LogP) is 3.67. The van der Waals surface area contributed by atoms with Gasteiger partial charge < -0.3 is 15.4 Å². The van der Waals surface area contributed by atoms with E-state index in [-0.39, 0.29) is 42.8 Å². The number of carbonyl (C=O) groups excluding carboxylic acids is 1. The smallest absolute Gasteiger partial charge is 0.225 e. The molecule has 3 rings (SSSR count). The molecule has 2 aromatic carbocycles. The number of hydrogen-bond acceptors (Lipinski definition) is 4. The zero-order valence-electron chi connectivity index (χ0n) is 17.5. The summed E-state index contributed by atoms with van der Waals surface area (Å²) < 4.78 is 5.45. The van der Waals surface area contributed by atoms with Crippen LogP contribution in [0.5, 0.6) is 0 Å². The number of carbonyl (C=O) groups is 1. The lowest BCUT2D eigenvalue weighted by Crippen LogP contribution is -2.48. The van der Waals surface area contributed by atoms with E-state index < -0.39 is 0 Å². The molecule has 2 atom stereocenters. The van der Waals surface area contributed by atoms with Gasteiger partial charge in [0, 0.05) is 44.7 Å². The average molecular weight is 454 g/mol. The van der Waals surface area contributed by atoms with E-state index in [1.807, 2.05) is 53.4 Å². The van der Waals surface area contributed by atoms with E-state index in [2.05, 4.69) is 24.0 Å². The summed E-state index contributed by atoms with van der Waals surface area (Å²) in [5.41, 5.74) is 8.47. The molecule has 1 heterocycles. The van der Waals surface area contributed by atoms with E-state index in [9.17, 15) is 4.79 Å². The summed E-state index contributed by atoms with van der Waals surface area (Å²) >= 11 is 0. The maximum absolute atomic E-state index is 13.2. The summed E-state index contributed by atoms with van der Waals surface area (Å²) in [6.07, 6.45) is 0.310. The van der Waals surface area contributed by atoms with Crippen molar-refractivity contribution in [3.8, 4) is 0 Å². The topological polar surface area (TPSA) is 58.8 Å². The molecule has 0 aromatic heterocycles. The van der Waals surface area contributed by atoms with Gasteiger partial charge in [-0.3, -0.25) is 9.69 Å². The van der Waals surface area contributed by atoms with Crippen molar-refractivity contribution in [2.75, 3.05) is 32.8 Å². The van der Waals surface area contributed by atoms with Crippen LogP contribution in [0, 0.1) is 0 Å². The molecule has 7 heteroatoms. The van der Waals surface area contributed by atoms with Gasteiger partial charge in [-0.25, -0.2) is 0 Å². The third kappa shape index (κ3) is 7.89. The Morgan fingerprint density at radius 1 is 1.03 bits per heavy atom. The summed E-state index contributed by atoms with van der Waals surface area (Å²) in [7, 11) is 0. The average Bonchev–Trinajstić information content (AvgIpc) is 2.74. The molecule has 2 aromatic rings. The first-order chi connectivity index (χ1) is 13.6. The van der Waals surface area contributed by atoms with Crippen LogP contribution >= 0.6 is 24.8 Å². The number of rotatable bonds is 8. The highest BCUT2D eigenvalue weighted by molar-refractivity contribution is 5.85. The molecule has 2 N–H and O–H groups in total. The summed E-state index contributed by atoms with van der Waals surface area (Å²) in [5, 5.41) is 0. The fraction of sp³-hybridized carbons (Fsp3) is 0.435. The van der Waals surface area contributed by atoms with Crippen molar-refractivity contribution >= 4 is 30.7 Å². The molecular weight excluding hydrogens is 421 g/mol. The molecular formula is C23H33Cl2N3O2. The molecule has 166 valence electrons. The van der Waals surface area contributed by atoms with Crippen LogP contribution in [0.1, 0.15) is 30.5 Å². The van der Waals surface area contributed by atoms with E-state index in [0.29, 0.717) is 13.0 Å². The first-order valence-corrected chi connectivity index (χ1v) is 10.1. The third-order valence-electron chi connectivity index (χ3n) is 5.30. The second-order valence-corrected chi connectivity index (χ2v) is 7.49. The van der Waals surface area contributed by atoms with Crippen molar-refractivity contribution in [2.24, 2.45) is 5.73 Å². The quantitative estimate of drug-likeness (QED) is 0.662. The van der Waals surface area contributed by atoms with Crippen LogP contribution in [0.2, 0.25) is 0 Å². The molecule has 1 fully saturated rings. The van der Waals surface area contributed by atoms with Crippen molar-refractivity contribution in [3.63, 3.8) is 0 Å². The lowest BCUT2D eigenvalue weighted by Gasteiger charge is -2.35. The number of benzene rings is 2. The van der Waals surface area contributed by atoms with Crippen LogP contribution in [-0.4, -0.2) is 54.6 Å². The van der Waals surface area contributed by atoms with Crippen LogP contribution in [0.25, 0.3) is 0 Å². The van der Waals surface area contributed by atoms with Gasteiger partial charge in [-0.05, 0) is 18.1 Å². The maximum Gasteiger partial charge on any atom is 0.225 e. The van der Waals surface area contributed by atoms with Crippen molar-refractivity contribution in [2.45, 2.75) is 32.0 Å². The Bertz CT molecular complexity index is 728. The fourth-order valence-electron chi connectivity index (χ4n) is 3.65. The van der Waals surface area contributed by atoms with Crippen molar-refractivity contribution in [1.82, 2.24) is 9.80 Å². The Labute approximate surface area is 192 Å². The Morgan fingerprint density at radius 3 is 2.20 bits per heavy atom. The molecule has 1 aliphatic rings. The van der Waals surface area contributed by atoms with Crippen LogP contribution in [-0.2, 0) is 16.1 Å². The Morgan fingerprint density at radius 2 is 1.60 bits per heavy atom. The molecule has 0 saturated carbocycles. The number of nitrogens with zero attached hydrogens (tertiary/aromatic N) is 2. The number of ether oxygens (including phenoxy) is 1. The predicted molar refractivity (Wildman–Crippen MR) is 126 cm³/mol. The zero-order valence-corrected chi connectivity index (χ0v) is 19.1. The molecule has 2 unspecified atom stereocenters. The Hall–Kier alpha value is -1.63. The van der Waals surface area contributed by atoms with Crippen LogP contribution in [0.4, 0.5) is 0 Å². The number of nitrogens with two attached hydrogens (primary N) is 1. The molecule has 0 aliphatic carbocycles. The minimum atomic E-state index is -0.289. The Balaban J connectivity index is 0.00000225. The van der Waals surface area contributed by atoms with E-state index in [1.165, 1.54) is 0 Å². The molecule has 1 aliphatic heterocycles. The first kappa shape index (κ1) is 26.4. The molecule has 0 bridgehead atoms. The molecule has 0 spiro atoms. The lowest BCUT2D eigenvalue weighted by molar-refractivity contribution is -0.135. The van der Waals surface area contributed by atoms with Gasteiger partial charge in [0.2, 0.25) is 5.91 Å². The van der Waals surface area contributed by atoms with Crippen LogP contribution in [0.15, 0.2) is 60.7 Å². The normalized spacial score (nSPS) is 15.9. The summed E-state index contributed by atoms with van der Waals surface area (Å²) in [6.45, 7) is 6.94. The minimum Gasteiger partial charge on any atom is -0.379 e. The lowest BCUT2D eigenvalue weighted by atomic mass is 10.0. The number of morpholine rings is 1. The molecule has 0 radical (unpaired) electrons. The zero-order chi connectivity index (χ0) is 19.8. The monoisotopic (exact) mass is 453 g/mol. The van der Waals surface area contributed by atoms with Crippen LogP contribution in [0.3, 0.4) is 0 Å². The van der Waals surface area contributed by atoms with Crippen LogP contribution < -0.4 is 5.73 Å². The summed E-state index contributed by atoms with van der Waals surface area (Å²) in [6, 6.07) is 19.8. The fourth-order valence-corrected chi connectivity index (χ4v) is 3.65. The number of amides is 1. The van der Waals surface area contributed by atoms with Gasteiger partial charge in [0.05, 0.1) is 13.2 Å². The molecule has 30 heavy (non-hydrogen) atoms. The SMILES string of the molecule is CC(CN1CCOCC1)N(Cc1ccccc1)C(=O)CC(N)c1ccccc1.Cl.Cl. The van der Waals surface area contributed by atoms with Crippen molar-refractivity contribution in [3.05, 3.63) is 71.8 Å². The van der Waals surface area contributed by atoms with E-state index in [4.69, 9.17) is 10.5 Å². The van der Waals surface area contributed by atoms with Gasteiger partial charge >= 0.3 is 0 Å². The standard InChI is InChI=1S/C23H31N3O2.2ClH/c1-19(17-25-12-14-28-15-13-25)26(18-20-8-4-2-5-9-20)23(27)16-22(24)21-10-6-3-7-11-21;;/h2-11,19,22H,12-18,24H2,1H3;2*1H. The van der Waals surface area contributed by atoms with Crippen molar-refractivity contribution in [1.29, 1.82) is 0 Å². The highest BCUT2D eigenvalue weighted by atomic mass is 35.5. The highest BCUT2D eigenvalue weighted by Crippen LogP contribution is 2.18. The highest BCUT2D eigenvalue weighted by Gasteiger charge is 2.25. The molecule has 1 saturated heterocycles. The third-order valence-corrected chi connectivity index (χ3v) is 5.30. The molecule has 5 nitrogen and oxygen atoms in total. The largest absolute Gasteiger partial charge is 0.379 e. The van der Waals surface area contributed by atoms with E-state index >= 15 is 0 Å². The van der Waals surface area contributed by atoms with Gasteiger partial charge in [-0.2, -0.15) is 0 Å². The molecule has 1 amide bonds. The van der Waals surface area contributed by atoms with Crippen molar-refractivity contribution < 1.29 is 9.53 Å². The van der Waals surface area contributed by atoms with Gasteiger partial charge in [-0.1, -0.05) is 60.7 Å². The first-order valence-electron chi connectivity index (χ1n) is 10.1. The van der Waals surface area contributed by atoms with E-state index in [0.717, 1.165) is 44.0 Å². The van der Waals surface area contributed by atoms with Gasteiger partial charge in [0.15, 0.2) is 0 Å². The van der Waals surface area contributed by atoms with Gasteiger partial charge in [-0.15, -0.1) is 24.8 Å². The summed E-state index contributed by atoms with van der Waals surface area (Å²) in [5.74, 6) is 0.0981. The number of hydrogen-bond donors (Lipinski definition) is 1.